The Hall–Kier alpha value is -2.43. The van der Waals surface area contributed by atoms with Crippen molar-refractivity contribution in [3.63, 3.8) is 0 Å². The first kappa shape index (κ1) is 12.0. The van der Waals surface area contributed by atoms with Crippen LogP contribution in [0.5, 0.6) is 0 Å². The van der Waals surface area contributed by atoms with Gasteiger partial charge in [0.2, 0.25) is 0 Å². The number of carbonyl (C=O) groups is 1. The van der Waals surface area contributed by atoms with Crippen LogP contribution in [0.4, 0.5) is 15.9 Å². The number of nitrogens with one attached hydrogen (secondary N) is 2. The van der Waals surface area contributed by atoms with E-state index in [-0.39, 0.29) is 11.4 Å². The molecule has 5 heteroatoms. The van der Waals surface area contributed by atoms with Crippen molar-refractivity contribution in [1.29, 1.82) is 0 Å². The molecule has 0 unspecified atom stereocenters. The van der Waals surface area contributed by atoms with Crippen molar-refractivity contribution in [3.8, 4) is 0 Å². The third kappa shape index (κ3) is 2.63. The SMILES string of the molecule is CNc1cccc(C(=O)Nc2ccccc2F)n1. The highest BCUT2D eigenvalue weighted by Crippen LogP contribution is 2.14. The number of hydrogen-bond donors (Lipinski definition) is 2. The zero-order valence-corrected chi connectivity index (χ0v) is 9.77. The summed E-state index contributed by atoms with van der Waals surface area (Å²) >= 11 is 0. The summed E-state index contributed by atoms with van der Waals surface area (Å²) in [6.07, 6.45) is 0. The third-order valence-electron chi connectivity index (χ3n) is 2.36. The van der Waals surface area contributed by atoms with E-state index in [4.69, 9.17) is 0 Å². The summed E-state index contributed by atoms with van der Waals surface area (Å²) in [5, 5.41) is 5.31. The van der Waals surface area contributed by atoms with Gasteiger partial charge < -0.3 is 10.6 Å². The first-order chi connectivity index (χ1) is 8.70. The Labute approximate surface area is 104 Å². The molecule has 2 aromatic rings. The molecule has 18 heavy (non-hydrogen) atoms. The van der Waals surface area contributed by atoms with Crippen molar-refractivity contribution in [2.24, 2.45) is 0 Å². The molecule has 0 aliphatic heterocycles. The molecule has 0 atom stereocenters. The molecule has 92 valence electrons. The van der Waals surface area contributed by atoms with Crippen LogP contribution >= 0.6 is 0 Å². The molecule has 0 radical (unpaired) electrons. The summed E-state index contributed by atoms with van der Waals surface area (Å²) in [5.74, 6) is -0.344. The first-order valence-corrected chi connectivity index (χ1v) is 5.41. The van der Waals surface area contributed by atoms with Gasteiger partial charge in [-0.25, -0.2) is 9.37 Å². The van der Waals surface area contributed by atoms with E-state index in [0.29, 0.717) is 5.82 Å². The Morgan fingerprint density at radius 2 is 1.94 bits per heavy atom. The van der Waals surface area contributed by atoms with Crippen LogP contribution < -0.4 is 10.6 Å². The van der Waals surface area contributed by atoms with Crippen LogP contribution in [0.1, 0.15) is 10.5 Å². The minimum Gasteiger partial charge on any atom is -0.373 e. The molecule has 0 saturated heterocycles. The van der Waals surface area contributed by atoms with Gasteiger partial charge in [-0.3, -0.25) is 4.79 Å². The Morgan fingerprint density at radius 1 is 1.17 bits per heavy atom. The number of aromatic nitrogens is 1. The number of anilines is 2. The van der Waals surface area contributed by atoms with Gasteiger partial charge in [-0.15, -0.1) is 0 Å². The first-order valence-electron chi connectivity index (χ1n) is 5.41. The molecule has 2 N–H and O–H groups in total. The number of nitrogens with zero attached hydrogens (tertiary/aromatic N) is 1. The number of amides is 1. The van der Waals surface area contributed by atoms with Gasteiger partial charge in [0.15, 0.2) is 0 Å². The van der Waals surface area contributed by atoms with Gasteiger partial charge in [0.1, 0.15) is 17.3 Å². The molecule has 1 amide bonds. The molecule has 1 heterocycles. The van der Waals surface area contributed by atoms with Gasteiger partial charge in [-0.2, -0.15) is 0 Å². The van der Waals surface area contributed by atoms with Crippen molar-refractivity contribution >= 4 is 17.4 Å². The van der Waals surface area contributed by atoms with E-state index in [1.165, 1.54) is 12.1 Å². The van der Waals surface area contributed by atoms with Gasteiger partial charge in [0.05, 0.1) is 5.69 Å². The number of halogens is 1. The van der Waals surface area contributed by atoms with E-state index in [1.807, 2.05) is 0 Å². The molecule has 0 saturated carbocycles. The van der Waals surface area contributed by atoms with Crippen molar-refractivity contribution in [1.82, 2.24) is 4.98 Å². The molecular weight excluding hydrogens is 233 g/mol. The fourth-order valence-electron chi connectivity index (χ4n) is 1.45. The summed E-state index contributed by atoms with van der Waals surface area (Å²) in [7, 11) is 1.71. The van der Waals surface area contributed by atoms with E-state index in [2.05, 4.69) is 15.6 Å². The standard InChI is InChI=1S/C13H12FN3O/c1-15-12-8-4-7-11(16-12)13(18)17-10-6-3-2-5-9(10)14/h2-8H,1H3,(H,15,16)(H,17,18). The third-order valence-corrected chi connectivity index (χ3v) is 2.36. The monoisotopic (exact) mass is 245 g/mol. The fourth-order valence-corrected chi connectivity index (χ4v) is 1.45. The Balaban J connectivity index is 2.19. The normalized spacial score (nSPS) is 9.89. The van der Waals surface area contributed by atoms with Gasteiger partial charge >= 0.3 is 0 Å². The largest absolute Gasteiger partial charge is 0.373 e. The average molecular weight is 245 g/mol. The number of pyridine rings is 1. The minimum absolute atomic E-state index is 0.138. The van der Waals surface area contributed by atoms with Gasteiger partial charge in [-0.1, -0.05) is 18.2 Å². The molecule has 1 aromatic carbocycles. The molecule has 0 bridgehead atoms. The maximum atomic E-state index is 13.4. The van der Waals surface area contributed by atoms with E-state index in [1.54, 1.807) is 37.4 Å². The molecule has 1 aromatic heterocycles. The minimum atomic E-state index is -0.476. The van der Waals surface area contributed by atoms with Crippen molar-refractivity contribution in [2.45, 2.75) is 0 Å². The topological polar surface area (TPSA) is 54.0 Å². The number of benzene rings is 1. The zero-order chi connectivity index (χ0) is 13.0. The summed E-state index contributed by atoms with van der Waals surface area (Å²) in [5.41, 5.74) is 0.365. The lowest BCUT2D eigenvalue weighted by Gasteiger charge is -2.06. The lowest BCUT2D eigenvalue weighted by atomic mass is 10.2. The maximum absolute atomic E-state index is 13.4. The number of para-hydroxylation sites is 1. The highest BCUT2D eigenvalue weighted by molar-refractivity contribution is 6.03. The van der Waals surface area contributed by atoms with Crippen LogP contribution in [0.25, 0.3) is 0 Å². The molecule has 4 nitrogen and oxygen atoms in total. The second-order valence-corrected chi connectivity index (χ2v) is 3.59. The van der Waals surface area contributed by atoms with E-state index in [9.17, 15) is 9.18 Å². The van der Waals surface area contributed by atoms with Crippen LogP contribution in [-0.4, -0.2) is 17.9 Å². The van der Waals surface area contributed by atoms with Crippen LogP contribution in [0.2, 0.25) is 0 Å². The van der Waals surface area contributed by atoms with Gasteiger partial charge in [-0.05, 0) is 24.3 Å². The molecule has 0 fully saturated rings. The molecule has 0 spiro atoms. The van der Waals surface area contributed by atoms with Gasteiger partial charge in [0.25, 0.3) is 5.91 Å². The highest BCUT2D eigenvalue weighted by atomic mass is 19.1. The van der Waals surface area contributed by atoms with E-state index in [0.717, 1.165) is 0 Å². The van der Waals surface area contributed by atoms with Crippen LogP contribution in [0, 0.1) is 5.82 Å². The second kappa shape index (κ2) is 5.27. The number of rotatable bonds is 3. The lowest BCUT2D eigenvalue weighted by molar-refractivity contribution is 0.102. The van der Waals surface area contributed by atoms with Crippen molar-refractivity contribution in [3.05, 3.63) is 54.0 Å². The fraction of sp³-hybridized carbons (Fsp3) is 0.0769. The molecule has 2 rings (SSSR count). The number of hydrogen-bond acceptors (Lipinski definition) is 3. The highest BCUT2D eigenvalue weighted by Gasteiger charge is 2.10. The quantitative estimate of drug-likeness (QED) is 0.873. The van der Waals surface area contributed by atoms with Crippen LogP contribution in [0.15, 0.2) is 42.5 Å². The molecule has 0 aliphatic rings. The van der Waals surface area contributed by atoms with Gasteiger partial charge in [0, 0.05) is 7.05 Å². The molecule has 0 aliphatic carbocycles. The maximum Gasteiger partial charge on any atom is 0.274 e. The summed E-state index contributed by atoms with van der Waals surface area (Å²) in [4.78, 5) is 15.9. The smallest absolute Gasteiger partial charge is 0.274 e. The second-order valence-electron chi connectivity index (χ2n) is 3.59. The Bertz CT molecular complexity index is 572. The van der Waals surface area contributed by atoms with Crippen LogP contribution in [-0.2, 0) is 0 Å². The number of carbonyl (C=O) groups excluding carboxylic acids is 1. The summed E-state index contributed by atoms with van der Waals surface area (Å²) < 4.78 is 13.4. The predicted molar refractivity (Wildman–Crippen MR) is 68.1 cm³/mol. The van der Waals surface area contributed by atoms with Crippen LogP contribution in [0.3, 0.4) is 0 Å². The van der Waals surface area contributed by atoms with Crippen molar-refractivity contribution in [2.75, 3.05) is 17.7 Å². The molecular formula is C13H12FN3O. The summed E-state index contributed by atoms with van der Waals surface area (Å²) in [6, 6.07) is 11.0. The average Bonchev–Trinajstić information content (AvgIpc) is 2.41. The van der Waals surface area contributed by atoms with E-state index < -0.39 is 11.7 Å². The zero-order valence-electron chi connectivity index (χ0n) is 9.77. The van der Waals surface area contributed by atoms with E-state index >= 15 is 0 Å². The lowest BCUT2D eigenvalue weighted by Crippen LogP contribution is -2.15. The Morgan fingerprint density at radius 3 is 2.67 bits per heavy atom. The predicted octanol–water partition coefficient (Wildman–Crippen LogP) is 2.51. The Kier molecular flexibility index (Phi) is 3.52. The van der Waals surface area contributed by atoms with Crippen molar-refractivity contribution < 1.29 is 9.18 Å². The summed E-state index contributed by atoms with van der Waals surface area (Å²) in [6.45, 7) is 0.